The summed E-state index contributed by atoms with van der Waals surface area (Å²) >= 11 is 5.87. The van der Waals surface area contributed by atoms with Gasteiger partial charge in [0.2, 0.25) is 0 Å². The Kier molecular flexibility index (Phi) is 7.00. The van der Waals surface area contributed by atoms with Gasteiger partial charge in [0, 0.05) is 12.1 Å². The summed E-state index contributed by atoms with van der Waals surface area (Å²) in [6, 6.07) is 2.10. The molecule has 1 aromatic heterocycles. The number of amides is 1. The van der Waals surface area contributed by atoms with Crippen LogP contribution in [-0.2, 0) is 4.74 Å². The van der Waals surface area contributed by atoms with Crippen LogP contribution in [-0.4, -0.2) is 28.8 Å². The third kappa shape index (κ3) is 6.39. The van der Waals surface area contributed by atoms with Gasteiger partial charge in [-0.15, -0.1) is 0 Å². The lowest BCUT2D eigenvalue weighted by Crippen LogP contribution is -2.49. The second-order valence-electron chi connectivity index (χ2n) is 7.12. The van der Waals surface area contributed by atoms with Gasteiger partial charge in [-0.2, -0.15) is 5.26 Å². The number of alkyl carbamates (subject to hydrolysis) is 1. The van der Waals surface area contributed by atoms with Crippen molar-refractivity contribution in [2.24, 2.45) is 5.92 Å². The monoisotopic (exact) mass is 370 g/mol. The number of hydrogen-bond acceptors (Lipinski definition) is 5. The first-order valence-corrected chi connectivity index (χ1v) is 8.34. The van der Waals surface area contributed by atoms with Gasteiger partial charge in [-0.3, -0.25) is 0 Å². The molecule has 0 saturated carbocycles. The van der Waals surface area contributed by atoms with Crippen molar-refractivity contribution in [1.29, 1.82) is 5.26 Å². The van der Waals surface area contributed by atoms with Gasteiger partial charge < -0.3 is 15.4 Å². The van der Waals surface area contributed by atoms with E-state index in [0.717, 1.165) is 6.07 Å². The molecule has 1 heterocycles. The summed E-state index contributed by atoms with van der Waals surface area (Å²) < 4.78 is 19.4. The molecule has 0 aromatic carbocycles. The number of rotatable bonds is 5. The third-order valence-corrected chi connectivity index (χ3v) is 3.64. The van der Waals surface area contributed by atoms with E-state index in [4.69, 9.17) is 21.6 Å². The Morgan fingerprint density at radius 2 is 2.00 bits per heavy atom. The number of halogens is 2. The number of anilines is 1. The first-order chi connectivity index (χ1) is 11.4. The second-order valence-corrected chi connectivity index (χ2v) is 7.48. The van der Waals surface area contributed by atoms with E-state index in [2.05, 4.69) is 15.6 Å². The average Bonchev–Trinajstić information content (AvgIpc) is 2.44. The van der Waals surface area contributed by atoms with Crippen LogP contribution in [0, 0.1) is 23.1 Å². The molecule has 6 nitrogen and oxygen atoms in total. The third-order valence-electron chi connectivity index (χ3n) is 3.35. The molecule has 1 aromatic rings. The van der Waals surface area contributed by atoms with E-state index in [-0.39, 0.29) is 34.5 Å². The van der Waals surface area contributed by atoms with Gasteiger partial charge in [-0.25, -0.2) is 14.2 Å². The number of nitriles is 1. The topological polar surface area (TPSA) is 87.0 Å². The van der Waals surface area contributed by atoms with Gasteiger partial charge in [0.05, 0.1) is 5.56 Å². The van der Waals surface area contributed by atoms with Crippen molar-refractivity contribution in [3.8, 4) is 6.07 Å². The summed E-state index contributed by atoms with van der Waals surface area (Å²) in [4.78, 5) is 15.8. The minimum atomic E-state index is -0.684. The Bertz CT molecular complexity index is 668. The Balaban J connectivity index is 2.93. The maximum Gasteiger partial charge on any atom is 0.407 e. The van der Waals surface area contributed by atoms with Crippen molar-refractivity contribution in [2.45, 2.75) is 59.2 Å². The molecule has 0 spiro atoms. The quantitative estimate of drug-likeness (QED) is 0.762. The number of carbonyl (C=O) groups excluding carboxylic acids is 1. The highest BCUT2D eigenvalue weighted by atomic mass is 35.5. The first kappa shape index (κ1) is 21.0. The number of pyridine rings is 1. The Morgan fingerprint density at radius 1 is 1.40 bits per heavy atom. The number of ether oxygens (including phenoxy) is 1. The minimum absolute atomic E-state index is 0.0363. The molecule has 138 valence electrons. The standard InChI is InChI=1S/C17H24ClFN4O2/c1-9(2)13(10(3)21-16(24)25-17(4,5)6)22-15-12(19)7-11(8-20)14(18)23-15/h7,9-10,13H,1-6H3,(H,21,24)(H,22,23)/t10-,13+/m0/s1. The second kappa shape index (κ2) is 8.34. The number of nitrogens with zero attached hydrogens (tertiary/aromatic N) is 2. The highest BCUT2D eigenvalue weighted by Gasteiger charge is 2.26. The van der Waals surface area contributed by atoms with Crippen LogP contribution in [0.1, 0.15) is 47.1 Å². The molecule has 8 heteroatoms. The largest absolute Gasteiger partial charge is 0.444 e. The predicted molar refractivity (Wildman–Crippen MR) is 95.0 cm³/mol. The highest BCUT2D eigenvalue weighted by Crippen LogP contribution is 2.22. The van der Waals surface area contributed by atoms with Crippen LogP contribution < -0.4 is 10.6 Å². The molecule has 0 bridgehead atoms. The van der Waals surface area contributed by atoms with Crippen molar-refractivity contribution in [3.05, 3.63) is 22.6 Å². The van der Waals surface area contributed by atoms with Crippen LogP contribution in [0.5, 0.6) is 0 Å². The fraction of sp³-hybridized carbons (Fsp3) is 0.588. The van der Waals surface area contributed by atoms with E-state index in [9.17, 15) is 9.18 Å². The molecule has 0 aliphatic heterocycles. The van der Waals surface area contributed by atoms with Crippen LogP contribution in [0.25, 0.3) is 0 Å². The average molecular weight is 371 g/mol. The molecule has 0 aliphatic carbocycles. The summed E-state index contributed by atoms with van der Waals surface area (Å²) in [5.41, 5.74) is -0.649. The molecule has 1 amide bonds. The van der Waals surface area contributed by atoms with E-state index in [1.54, 1.807) is 33.8 Å². The number of nitrogens with one attached hydrogen (secondary N) is 2. The lowest BCUT2D eigenvalue weighted by molar-refractivity contribution is 0.0500. The smallest absolute Gasteiger partial charge is 0.407 e. The molecule has 0 saturated heterocycles. The maximum atomic E-state index is 14.1. The highest BCUT2D eigenvalue weighted by molar-refractivity contribution is 6.30. The van der Waals surface area contributed by atoms with E-state index < -0.39 is 17.5 Å². The number of carbonyl (C=O) groups is 1. The fourth-order valence-corrected chi connectivity index (χ4v) is 2.44. The Labute approximate surface area is 152 Å². The summed E-state index contributed by atoms with van der Waals surface area (Å²) in [5.74, 6) is -0.711. The van der Waals surface area contributed by atoms with Crippen LogP contribution in [0.2, 0.25) is 5.15 Å². The van der Waals surface area contributed by atoms with Crippen molar-refractivity contribution < 1.29 is 13.9 Å². The molecule has 2 atom stereocenters. The molecule has 0 radical (unpaired) electrons. The normalized spacial score (nSPS) is 13.8. The van der Waals surface area contributed by atoms with Crippen molar-refractivity contribution in [3.63, 3.8) is 0 Å². The maximum absolute atomic E-state index is 14.1. The lowest BCUT2D eigenvalue weighted by Gasteiger charge is -2.30. The summed E-state index contributed by atoms with van der Waals surface area (Å²) in [6.07, 6.45) is -0.557. The Hall–Kier alpha value is -2.07. The van der Waals surface area contributed by atoms with Crippen LogP contribution in [0.15, 0.2) is 6.07 Å². The SMILES string of the molecule is CC(C)[C@@H](Nc1nc(Cl)c(C#N)cc1F)[C@H](C)NC(=O)OC(C)(C)C. The lowest BCUT2D eigenvalue weighted by atomic mass is 9.97. The molecule has 25 heavy (non-hydrogen) atoms. The van der Waals surface area contributed by atoms with Gasteiger partial charge >= 0.3 is 6.09 Å². The van der Waals surface area contributed by atoms with Gasteiger partial charge in [0.15, 0.2) is 11.6 Å². The van der Waals surface area contributed by atoms with Crippen LogP contribution in [0.4, 0.5) is 15.0 Å². The zero-order valence-electron chi connectivity index (χ0n) is 15.3. The molecule has 0 fully saturated rings. The van der Waals surface area contributed by atoms with Gasteiger partial charge in [0.25, 0.3) is 0 Å². The van der Waals surface area contributed by atoms with Crippen LogP contribution in [0.3, 0.4) is 0 Å². The van der Waals surface area contributed by atoms with E-state index in [1.807, 2.05) is 13.8 Å². The van der Waals surface area contributed by atoms with Gasteiger partial charge in [-0.1, -0.05) is 25.4 Å². The van der Waals surface area contributed by atoms with Gasteiger partial charge in [0.1, 0.15) is 16.8 Å². The van der Waals surface area contributed by atoms with Gasteiger partial charge in [-0.05, 0) is 39.7 Å². The van der Waals surface area contributed by atoms with Crippen molar-refractivity contribution in [2.75, 3.05) is 5.32 Å². The van der Waals surface area contributed by atoms with Crippen LogP contribution >= 0.6 is 11.6 Å². The van der Waals surface area contributed by atoms with E-state index in [0.29, 0.717) is 0 Å². The fourth-order valence-electron chi connectivity index (χ4n) is 2.26. The Morgan fingerprint density at radius 3 is 2.48 bits per heavy atom. The van der Waals surface area contributed by atoms with Crippen molar-refractivity contribution in [1.82, 2.24) is 10.3 Å². The molecule has 0 unspecified atom stereocenters. The summed E-state index contributed by atoms with van der Waals surface area (Å²) in [5, 5.41) is 14.5. The van der Waals surface area contributed by atoms with Crippen molar-refractivity contribution >= 4 is 23.5 Å². The number of hydrogen-bond donors (Lipinski definition) is 2. The predicted octanol–water partition coefficient (Wildman–Crippen LogP) is 4.10. The molecular formula is C17H24ClFN4O2. The minimum Gasteiger partial charge on any atom is -0.444 e. The summed E-state index contributed by atoms with van der Waals surface area (Å²) in [6.45, 7) is 10.9. The summed E-state index contributed by atoms with van der Waals surface area (Å²) in [7, 11) is 0. The number of aromatic nitrogens is 1. The van der Waals surface area contributed by atoms with E-state index in [1.165, 1.54) is 0 Å². The molecular weight excluding hydrogens is 347 g/mol. The zero-order valence-corrected chi connectivity index (χ0v) is 16.0. The molecule has 2 N–H and O–H groups in total. The molecule has 0 aliphatic rings. The van der Waals surface area contributed by atoms with E-state index >= 15 is 0 Å². The molecule has 1 rings (SSSR count). The first-order valence-electron chi connectivity index (χ1n) is 7.96. The zero-order chi connectivity index (χ0) is 19.4.